The summed E-state index contributed by atoms with van der Waals surface area (Å²) in [6.45, 7) is 0.462. The molecule has 1 N–H and O–H groups in total. The van der Waals surface area contributed by atoms with Gasteiger partial charge in [0.05, 0.1) is 12.2 Å². The van der Waals surface area contributed by atoms with Gasteiger partial charge in [0, 0.05) is 43.2 Å². The maximum atomic E-state index is 13.2. The van der Waals surface area contributed by atoms with Crippen LogP contribution in [-0.2, 0) is 13.6 Å². The number of halogens is 1. The van der Waals surface area contributed by atoms with Crippen molar-refractivity contribution < 1.29 is 9.18 Å². The highest BCUT2D eigenvalue weighted by atomic mass is 19.1. The number of carbonyl (C=O) groups excluding carboxylic acids is 1. The van der Waals surface area contributed by atoms with Gasteiger partial charge in [-0.15, -0.1) is 5.10 Å². The normalized spacial score (nSPS) is 13.3. The van der Waals surface area contributed by atoms with E-state index in [-0.39, 0.29) is 36.5 Å². The summed E-state index contributed by atoms with van der Waals surface area (Å²) in [5.41, 5.74) is 2.24. The maximum absolute atomic E-state index is 13.2. The molecule has 9 nitrogen and oxygen atoms in total. The summed E-state index contributed by atoms with van der Waals surface area (Å²) in [5, 5.41) is 11.7. The largest absolute Gasteiger partial charge is 0.349 e. The Morgan fingerprint density at radius 3 is 2.64 bits per heavy atom. The standard InChI is InChI=1S/C23H22FN7O2/c1-29-20(13-19(27-29)15-4-6-17(24)7-5-15)22(32)26-11-12-30-23(33)31(18-8-9-18)21(28-30)16-3-2-10-25-14-16/h2-7,10,13-14,18H,8-9,11-12H2,1H3,(H,26,32). The van der Waals surface area contributed by atoms with Crippen molar-refractivity contribution in [1.29, 1.82) is 0 Å². The first-order chi connectivity index (χ1) is 16.0. The summed E-state index contributed by atoms with van der Waals surface area (Å²) < 4.78 is 17.7. The number of pyridine rings is 1. The molecule has 5 rings (SSSR count). The third-order valence-corrected chi connectivity index (χ3v) is 5.56. The number of nitrogens with one attached hydrogen (secondary N) is 1. The van der Waals surface area contributed by atoms with E-state index in [4.69, 9.17) is 0 Å². The zero-order chi connectivity index (χ0) is 22.9. The van der Waals surface area contributed by atoms with Crippen molar-refractivity contribution in [2.24, 2.45) is 7.05 Å². The van der Waals surface area contributed by atoms with Gasteiger partial charge < -0.3 is 5.32 Å². The van der Waals surface area contributed by atoms with Crippen LogP contribution in [0.2, 0.25) is 0 Å². The lowest BCUT2D eigenvalue weighted by Crippen LogP contribution is -2.32. The van der Waals surface area contributed by atoms with Crippen LogP contribution in [0, 0.1) is 5.82 Å². The van der Waals surface area contributed by atoms with Gasteiger partial charge in [-0.3, -0.25) is 19.0 Å². The SMILES string of the molecule is Cn1nc(-c2ccc(F)cc2)cc1C(=O)NCCn1nc(-c2cccnc2)n(C2CC2)c1=O. The number of aryl methyl sites for hydroxylation is 1. The Hall–Kier alpha value is -4.08. The van der Waals surface area contributed by atoms with Crippen LogP contribution in [0.15, 0.2) is 59.7 Å². The van der Waals surface area contributed by atoms with Crippen LogP contribution in [0.1, 0.15) is 29.4 Å². The van der Waals surface area contributed by atoms with Gasteiger partial charge >= 0.3 is 5.69 Å². The molecule has 0 spiro atoms. The first-order valence-electron chi connectivity index (χ1n) is 10.7. The van der Waals surface area contributed by atoms with Gasteiger partial charge in [0.15, 0.2) is 5.82 Å². The molecule has 1 amide bonds. The number of nitrogens with zero attached hydrogens (tertiary/aromatic N) is 6. The highest BCUT2D eigenvalue weighted by molar-refractivity contribution is 5.93. The Bertz CT molecular complexity index is 1350. The van der Waals surface area contributed by atoms with Gasteiger partial charge in [-0.25, -0.2) is 13.9 Å². The smallest absolute Gasteiger partial charge is 0.346 e. The summed E-state index contributed by atoms with van der Waals surface area (Å²) in [4.78, 5) is 29.7. The molecular formula is C23H22FN7O2. The van der Waals surface area contributed by atoms with Gasteiger partial charge in [0.2, 0.25) is 0 Å². The van der Waals surface area contributed by atoms with E-state index < -0.39 is 0 Å². The number of rotatable bonds is 7. The van der Waals surface area contributed by atoms with Crippen molar-refractivity contribution in [1.82, 2.24) is 34.4 Å². The summed E-state index contributed by atoms with van der Waals surface area (Å²) >= 11 is 0. The lowest BCUT2D eigenvalue weighted by molar-refractivity contribution is 0.0942. The molecule has 4 aromatic rings. The fourth-order valence-electron chi connectivity index (χ4n) is 3.73. The highest BCUT2D eigenvalue weighted by Crippen LogP contribution is 2.36. The summed E-state index contributed by atoms with van der Waals surface area (Å²) in [6, 6.07) is 11.4. The molecule has 0 saturated heterocycles. The number of carbonyl (C=O) groups is 1. The number of benzene rings is 1. The van der Waals surface area contributed by atoms with Crippen molar-refractivity contribution in [3.05, 3.63) is 76.9 Å². The van der Waals surface area contributed by atoms with Gasteiger partial charge in [-0.05, 0) is 55.3 Å². The fraction of sp³-hybridized carbons (Fsp3) is 0.261. The number of amides is 1. The molecule has 3 heterocycles. The lowest BCUT2D eigenvalue weighted by Gasteiger charge is -2.04. The van der Waals surface area contributed by atoms with Crippen LogP contribution in [0.25, 0.3) is 22.6 Å². The van der Waals surface area contributed by atoms with E-state index in [2.05, 4.69) is 20.5 Å². The van der Waals surface area contributed by atoms with E-state index in [0.29, 0.717) is 22.8 Å². The predicted molar refractivity (Wildman–Crippen MR) is 119 cm³/mol. The average molecular weight is 447 g/mol. The van der Waals surface area contributed by atoms with Crippen molar-refractivity contribution in [3.8, 4) is 22.6 Å². The Balaban J connectivity index is 1.29. The third kappa shape index (κ3) is 4.19. The minimum atomic E-state index is -0.335. The zero-order valence-electron chi connectivity index (χ0n) is 18.0. The first-order valence-corrected chi connectivity index (χ1v) is 10.7. The summed E-state index contributed by atoms with van der Waals surface area (Å²) in [6.07, 6.45) is 5.27. The lowest BCUT2D eigenvalue weighted by atomic mass is 10.1. The second-order valence-electron chi connectivity index (χ2n) is 7.97. The van der Waals surface area contributed by atoms with Crippen LogP contribution in [0.4, 0.5) is 4.39 Å². The third-order valence-electron chi connectivity index (χ3n) is 5.56. The molecule has 0 aliphatic heterocycles. The van der Waals surface area contributed by atoms with Crippen LogP contribution in [0.5, 0.6) is 0 Å². The molecule has 1 saturated carbocycles. The molecule has 0 unspecified atom stereocenters. The van der Waals surface area contributed by atoms with E-state index in [0.717, 1.165) is 18.4 Å². The maximum Gasteiger partial charge on any atom is 0.346 e. The second kappa shape index (κ2) is 8.45. The van der Waals surface area contributed by atoms with Gasteiger partial charge in [-0.1, -0.05) is 0 Å². The topological polar surface area (TPSA) is 99.6 Å². The van der Waals surface area contributed by atoms with Crippen molar-refractivity contribution >= 4 is 5.91 Å². The molecule has 3 aromatic heterocycles. The Kier molecular flexibility index (Phi) is 5.33. The van der Waals surface area contributed by atoms with Crippen LogP contribution >= 0.6 is 0 Å². The molecule has 1 aliphatic rings. The Morgan fingerprint density at radius 1 is 1.15 bits per heavy atom. The van der Waals surface area contributed by atoms with E-state index in [1.165, 1.54) is 21.5 Å². The highest BCUT2D eigenvalue weighted by Gasteiger charge is 2.30. The van der Waals surface area contributed by atoms with Crippen LogP contribution < -0.4 is 11.0 Å². The summed E-state index contributed by atoms with van der Waals surface area (Å²) in [5.74, 6) is -0.0586. The first kappa shape index (κ1) is 20.8. The van der Waals surface area contributed by atoms with E-state index in [9.17, 15) is 14.0 Å². The van der Waals surface area contributed by atoms with Crippen molar-refractivity contribution in [2.45, 2.75) is 25.4 Å². The molecule has 1 fully saturated rings. The second-order valence-corrected chi connectivity index (χ2v) is 7.97. The average Bonchev–Trinajstić information content (AvgIpc) is 3.50. The quantitative estimate of drug-likeness (QED) is 0.469. The van der Waals surface area contributed by atoms with Gasteiger partial charge in [0.1, 0.15) is 11.5 Å². The number of hydrogen-bond acceptors (Lipinski definition) is 5. The molecule has 0 bridgehead atoms. The Morgan fingerprint density at radius 2 is 1.94 bits per heavy atom. The number of hydrogen-bond donors (Lipinski definition) is 1. The molecule has 1 aliphatic carbocycles. The molecule has 10 heteroatoms. The van der Waals surface area contributed by atoms with Gasteiger partial charge in [0.25, 0.3) is 5.91 Å². The zero-order valence-corrected chi connectivity index (χ0v) is 18.0. The van der Waals surface area contributed by atoms with Crippen molar-refractivity contribution in [3.63, 3.8) is 0 Å². The fourth-order valence-corrected chi connectivity index (χ4v) is 3.73. The minimum Gasteiger partial charge on any atom is -0.349 e. The van der Waals surface area contributed by atoms with Crippen LogP contribution in [0.3, 0.4) is 0 Å². The number of aromatic nitrogens is 6. The molecule has 0 atom stereocenters. The van der Waals surface area contributed by atoms with Crippen LogP contribution in [-0.4, -0.2) is 41.6 Å². The predicted octanol–water partition coefficient (Wildman–Crippen LogP) is 2.41. The molecule has 168 valence electrons. The molecule has 0 radical (unpaired) electrons. The molecular weight excluding hydrogens is 425 g/mol. The molecule has 33 heavy (non-hydrogen) atoms. The Labute approximate surface area is 188 Å². The van der Waals surface area contributed by atoms with E-state index in [1.807, 2.05) is 12.1 Å². The summed E-state index contributed by atoms with van der Waals surface area (Å²) in [7, 11) is 1.67. The minimum absolute atomic E-state index is 0.162. The monoisotopic (exact) mass is 447 g/mol. The van der Waals surface area contributed by atoms with Gasteiger partial charge in [-0.2, -0.15) is 5.10 Å². The van der Waals surface area contributed by atoms with E-state index >= 15 is 0 Å². The molecule has 1 aromatic carbocycles. The van der Waals surface area contributed by atoms with E-state index in [1.54, 1.807) is 42.2 Å². The van der Waals surface area contributed by atoms with Crippen molar-refractivity contribution in [2.75, 3.05) is 6.54 Å².